The van der Waals surface area contributed by atoms with Gasteiger partial charge in [0.15, 0.2) is 12.0 Å². The number of benzene rings is 2. The third-order valence-electron chi connectivity index (χ3n) is 6.28. The minimum atomic E-state index is -4.53. The molecule has 0 radical (unpaired) electrons. The number of rotatable bonds is 10. The molecule has 0 bridgehead atoms. The van der Waals surface area contributed by atoms with Gasteiger partial charge in [-0.15, -0.1) is 0 Å². The third kappa shape index (κ3) is 6.60. The topological polar surface area (TPSA) is 204 Å². The number of aromatic amines is 1. The Balaban J connectivity index is 1.65. The second kappa shape index (κ2) is 11.5. The molecular weight excluding hydrogens is 559 g/mol. The van der Waals surface area contributed by atoms with Crippen LogP contribution in [0, 0.1) is 0 Å². The molecule has 1 fully saturated rings. The first-order valence-corrected chi connectivity index (χ1v) is 14.3. The largest absolute Gasteiger partial charge is 0.462 e. The second-order valence-electron chi connectivity index (χ2n) is 10.4. The number of hydrogen-bond donors (Lipinski definition) is 5. The zero-order chi connectivity index (χ0) is 30.2. The summed E-state index contributed by atoms with van der Waals surface area (Å²) in [4.78, 5) is 38.5. The highest BCUT2D eigenvalue weighted by Crippen LogP contribution is 2.49. The molecule has 1 aromatic heterocycles. The number of hydrogen-bond acceptors (Lipinski definition) is 11. The van der Waals surface area contributed by atoms with Crippen LogP contribution in [0.5, 0.6) is 5.75 Å². The van der Waals surface area contributed by atoms with Gasteiger partial charge in [0.25, 0.3) is 5.56 Å². The number of aromatic nitrogens is 2. The third-order valence-corrected chi connectivity index (χ3v) is 8.02. The van der Waals surface area contributed by atoms with Gasteiger partial charge in [0, 0.05) is 17.6 Å². The van der Waals surface area contributed by atoms with Crippen molar-refractivity contribution in [1.82, 2.24) is 14.6 Å². The molecule has 2 heterocycles. The Kier molecular flexibility index (Phi) is 8.58. The van der Waals surface area contributed by atoms with Crippen LogP contribution >= 0.6 is 7.75 Å². The monoisotopic (exact) mass is 592 g/mol. The summed E-state index contributed by atoms with van der Waals surface area (Å²) in [5.74, 6) is -0.589. The van der Waals surface area contributed by atoms with Crippen LogP contribution in [0.3, 0.4) is 0 Å². The molecule has 6 N–H and O–H groups in total. The Hall–Kier alpha value is -3.36. The predicted octanol–water partition coefficient (Wildman–Crippen LogP) is 1.12. The van der Waals surface area contributed by atoms with E-state index in [1.807, 2.05) is 23.2 Å². The van der Waals surface area contributed by atoms with E-state index >= 15 is 0 Å². The zero-order valence-corrected chi connectivity index (χ0v) is 23.7. The molecule has 15 heteroatoms. The van der Waals surface area contributed by atoms with Gasteiger partial charge in [-0.1, -0.05) is 36.4 Å². The van der Waals surface area contributed by atoms with Gasteiger partial charge in [0.1, 0.15) is 30.1 Å². The van der Waals surface area contributed by atoms with Gasteiger partial charge >= 0.3 is 19.4 Å². The molecule has 1 saturated heterocycles. The zero-order valence-electron chi connectivity index (χ0n) is 22.8. The number of ether oxygens (including phenoxy) is 2. The van der Waals surface area contributed by atoms with E-state index in [0.717, 1.165) is 22.2 Å². The van der Waals surface area contributed by atoms with E-state index in [-0.39, 0.29) is 5.75 Å². The number of H-pyrrole nitrogens is 1. The number of carbonyl (C=O) groups is 1. The van der Waals surface area contributed by atoms with Crippen LogP contribution in [-0.2, 0) is 23.4 Å². The molecule has 1 aliphatic heterocycles. The summed E-state index contributed by atoms with van der Waals surface area (Å²) in [5, 5.41) is 25.3. The highest BCUT2D eigenvalue weighted by Gasteiger charge is 2.55. The fourth-order valence-electron chi connectivity index (χ4n) is 4.20. The molecular formula is C26H33N4O10P. The number of aliphatic hydroxyl groups is 2. The molecule has 222 valence electrons. The number of nitrogens with zero attached hydrogens (tertiary/aromatic N) is 1. The van der Waals surface area contributed by atoms with Gasteiger partial charge < -0.3 is 24.2 Å². The van der Waals surface area contributed by atoms with Crippen LogP contribution in [0.4, 0.5) is 0 Å². The summed E-state index contributed by atoms with van der Waals surface area (Å²) in [6.45, 7) is 5.32. The Bertz CT molecular complexity index is 1580. The Morgan fingerprint density at radius 1 is 1.20 bits per heavy atom. The molecule has 3 aromatic rings. The van der Waals surface area contributed by atoms with Gasteiger partial charge in [-0.25, -0.2) is 9.36 Å². The van der Waals surface area contributed by atoms with Crippen LogP contribution in [0.15, 0.2) is 64.3 Å². The Morgan fingerprint density at radius 3 is 2.56 bits per heavy atom. The second-order valence-corrected chi connectivity index (χ2v) is 12.1. The lowest BCUT2D eigenvalue weighted by molar-refractivity contribution is -0.153. The molecule has 0 spiro atoms. The van der Waals surface area contributed by atoms with Crippen molar-refractivity contribution in [2.75, 3.05) is 6.61 Å². The van der Waals surface area contributed by atoms with E-state index in [4.69, 9.17) is 24.3 Å². The number of nitrogens with one attached hydrogen (secondary N) is 2. The fourth-order valence-corrected chi connectivity index (χ4v) is 5.93. The van der Waals surface area contributed by atoms with Crippen molar-refractivity contribution < 1.29 is 38.1 Å². The summed E-state index contributed by atoms with van der Waals surface area (Å²) < 4.78 is 37.5. The summed E-state index contributed by atoms with van der Waals surface area (Å²) in [7, 11) is -4.53. The molecule has 4 rings (SSSR count). The van der Waals surface area contributed by atoms with Crippen LogP contribution in [0.1, 0.15) is 33.9 Å². The van der Waals surface area contributed by atoms with Crippen molar-refractivity contribution >= 4 is 24.5 Å². The highest BCUT2D eigenvalue weighted by molar-refractivity contribution is 7.52. The number of nitrogens with two attached hydrogens (primary N) is 1. The minimum Gasteiger partial charge on any atom is -0.462 e. The number of esters is 1. The first-order valence-electron chi connectivity index (χ1n) is 12.7. The van der Waals surface area contributed by atoms with Gasteiger partial charge in [-0.05, 0) is 39.1 Å². The fraction of sp³-hybridized carbons (Fsp3) is 0.423. The lowest BCUT2D eigenvalue weighted by atomic mass is 10.1. The number of fused-ring (bicyclic) bond motifs is 1. The van der Waals surface area contributed by atoms with Crippen LogP contribution in [-0.4, -0.2) is 61.9 Å². The summed E-state index contributed by atoms with van der Waals surface area (Å²) in [6, 6.07) is 13.2. The van der Waals surface area contributed by atoms with Crippen molar-refractivity contribution in [3.8, 4) is 5.75 Å². The van der Waals surface area contributed by atoms with Crippen LogP contribution < -0.4 is 26.6 Å². The molecule has 0 saturated carbocycles. The quantitative estimate of drug-likeness (QED) is 0.166. The Labute approximate surface area is 234 Å². The van der Waals surface area contributed by atoms with Gasteiger partial charge in [0.2, 0.25) is 0 Å². The van der Waals surface area contributed by atoms with Crippen molar-refractivity contribution in [3.05, 3.63) is 75.6 Å². The average Bonchev–Trinajstić information content (AvgIpc) is 3.11. The summed E-state index contributed by atoms with van der Waals surface area (Å²) in [5.41, 5.74) is 0.840. The lowest BCUT2D eigenvalue weighted by Gasteiger charge is -2.33. The van der Waals surface area contributed by atoms with Gasteiger partial charge in [-0.2, -0.15) is 5.09 Å². The van der Waals surface area contributed by atoms with Crippen molar-refractivity contribution in [1.29, 1.82) is 0 Å². The standard InChI is InChI=1S/C26H33N4O10P/c1-15(2)38-23(34)25(3,4)29-41(36,40-18-11-7-9-16-8-5-6-10-17(16)18)37-14-26(27)21(33)20(32)22(39-26)30-13-12-19(31)28-24(30)35/h5-13,15,20-22,32-33H,14,27H2,1-4H3,(H,29,36)(H,28,31,35)/t20-,21+,22-,26-,41?/m1/s1. The number of aliphatic hydroxyl groups excluding tert-OH is 2. The molecule has 41 heavy (non-hydrogen) atoms. The maximum Gasteiger partial charge on any atom is 0.459 e. The normalized spacial score (nSPS) is 24.3. The van der Waals surface area contributed by atoms with Gasteiger partial charge in [0.05, 0.1) is 6.10 Å². The van der Waals surface area contributed by atoms with Crippen LogP contribution in [0.2, 0.25) is 0 Å². The molecule has 5 atom stereocenters. The first kappa shape index (κ1) is 30.6. The predicted molar refractivity (Wildman–Crippen MR) is 147 cm³/mol. The number of carbonyl (C=O) groups excluding carboxylic acids is 1. The first-order chi connectivity index (χ1) is 19.1. The highest BCUT2D eigenvalue weighted by atomic mass is 31.2. The van der Waals surface area contributed by atoms with Crippen molar-refractivity contribution in [2.45, 2.75) is 63.5 Å². The van der Waals surface area contributed by atoms with Crippen molar-refractivity contribution in [2.24, 2.45) is 5.73 Å². The summed E-state index contributed by atoms with van der Waals surface area (Å²) in [6.07, 6.45) is -4.50. The maximum absolute atomic E-state index is 14.2. The van der Waals surface area contributed by atoms with E-state index in [1.165, 1.54) is 13.8 Å². The molecule has 0 amide bonds. The lowest BCUT2D eigenvalue weighted by Crippen LogP contribution is -2.55. The van der Waals surface area contributed by atoms with E-state index in [0.29, 0.717) is 5.39 Å². The Morgan fingerprint density at radius 2 is 1.88 bits per heavy atom. The summed E-state index contributed by atoms with van der Waals surface area (Å²) >= 11 is 0. The van der Waals surface area contributed by atoms with Crippen molar-refractivity contribution in [3.63, 3.8) is 0 Å². The molecule has 0 aliphatic carbocycles. The van der Waals surface area contributed by atoms with Gasteiger partial charge in [-0.3, -0.25) is 29.4 Å². The van der Waals surface area contributed by atoms with E-state index in [2.05, 4.69) is 5.09 Å². The maximum atomic E-state index is 14.2. The smallest absolute Gasteiger partial charge is 0.459 e. The van der Waals surface area contributed by atoms with E-state index in [1.54, 1.807) is 38.1 Å². The van der Waals surface area contributed by atoms with Crippen LogP contribution in [0.25, 0.3) is 10.8 Å². The molecule has 1 unspecified atom stereocenters. The SMILES string of the molecule is CC(C)OC(=O)C(C)(C)NP(=O)(OC[C@@]1(N)O[C@@H](n2ccc(=O)[nH]c2=O)[C@H](O)[C@@H]1O)Oc1cccc2ccccc12. The molecule has 1 aliphatic rings. The molecule has 14 nitrogen and oxygen atoms in total. The van der Waals surface area contributed by atoms with E-state index < -0.39 is 67.4 Å². The average molecular weight is 593 g/mol. The molecule has 2 aromatic carbocycles. The minimum absolute atomic E-state index is 0.156. The van der Waals surface area contributed by atoms with E-state index in [9.17, 15) is 29.2 Å².